The standard InChI is InChI=1S/C26H31ClFNO4/c1-16-11-17(2)24(27)21(12-16)23-18(15-33-20-5-3-4-6-20)13-19(14-22(23)28)29-26(25(30)31)7-9-32-10-8-26/h11-14,20,29H,3-10,15H2,1-2H3,(H,30,31). The Labute approximate surface area is 199 Å². The molecule has 2 N–H and O–H groups in total. The maximum atomic E-state index is 15.7. The van der Waals surface area contributed by atoms with E-state index in [1.165, 1.54) is 6.07 Å². The Morgan fingerprint density at radius 2 is 1.91 bits per heavy atom. The van der Waals surface area contributed by atoms with Gasteiger partial charge in [0.05, 0.1) is 17.7 Å². The van der Waals surface area contributed by atoms with Crippen LogP contribution < -0.4 is 5.32 Å². The molecule has 1 aliphatic heterocycles. The van der Waals surface area contributed by atoms with Gasteiger partial charge in [-0.3, -0.25) is 0 Å². The molecule has 2 aromatic rings. The summed E-state index contributed by atoms with van der Waals surface area (Å²) in [4.78, 5) is 12.1. The van der Waals surface area contributed by atoms with Crippen molar-refractivity contribution in [2.75, 3.05) is 18.5 Å². The molecule has 2 aromatic carbocycles. The summed E-state index contributed by atoms with van der Waals surface area (Å²) in [5.74, 6) is -1.42. The van der Waals surface area contributed by atoms with Crippen LogP contribution in [0, 0.1) is 19.7 Å². The second kappa shape index (κ2) is 10.00. The van der Waals surface area contributed by atoms with Gasteiger partial charge >= 0.3 is 5.97 Å². The highest BCUT2D eigenvalue weighted by molar-refractivity contribution is 6.34. The fourth-order valence-corrected chi connectivity index (χ4v) is 5.14. The molecule has 0 aromatic heterocycles. The predicted molar refractivity (Wildman–Crippen MR) is 127 cm³/mol. The molecule has 7 heteroatoms. The zero-order chi connectivity index (χ0) is 23.6. The minimum absolute atomic E-state index is 0.160. The summed E-state index contributed by atoms with van der Waals surface area (Å²) < 4.78 is 27.2. The molecule has 0 atom stereocenters. The first-order chi connectivity index (χ1) is 15.8. The monoisotopic (exact) mass is 475 g/mol. The third-order valence-electron chi connectivity index (χ3n) is 6.76. The third kappa shape index (κ3) is 5.18. The molecule has 2 fully saturated rings. The Hall–Kier alpha value is -2.15. The van der Waals surface area contributed by atoms with Gasteiger partial charge in [-0.2, -0.15) is 0 Å². The fourth-order valence-electron chi connectivity index (χ4n) is 4.93. The fraction of sp³-hybridized carbons (Fsp3) is 0.500. The summed E-state index contributed by atoms with van der Waals surface area (Å²) in [6.45, 7) is 4.78. The number of carbonyl (C=O) groups is 1. The average Bonchev–Trinajstić information content (AvgIpc) is 3.29. The van der Waals surface area contributed by atoms with Crippen molar-refractivity contribution in [2.24, 2.45) is 0 Å². The van der Waals surface area contributed by atoms with Gasteiger partial charge < -0.3 is 19.9 Å². The summed E-state index contributed by atoms with van der Waals surface area (Å²) >= 11 is 6.62. The van der Waals surface area contributed by atoms with Gasteiger partial charge in [0, 0.05) is 42.9 Å². The van der Waals surface area contributed by atoms with E-state index in [0.717, 1.165) is 36.8 Å². The molecule has 4 rings (SSSR count). The van der Waals surface area contributed by atoms with Crippen LogP contribution in [0.3, 0.4) is 0 Å². The van der Waals surface area contributed by atoms with E-state index in [-0.39, 0.29) is 12.7 Å². The lowest BCUT2D eigenvalue weighted by Gasteiger charge is -2.35. The molecule has 178 valence electrons. The predicted octanol–water partition coefficient (Wildman–Crippen LogP) is 6.27. The Morgan fingerprint density at radius 1 is 1.21 bits per heavy atom. The topological polar surface area (TPSA) is 67.8 Å². The van der Waals surface area contributed by atoms with E-state index < -0.39 is 17.3 Å². The summed E-state index contributed by atoms with van der Waals surface area (Å²) in [6, 6.07) is 7.03. The van der Waals surface area contributed by atoms with Crippen molar-refractivity contribution in [3.63, 3.8) is 0 Å². The van der Waals surface area contributed by atoms with Crippen LogP contribution in [-0.2, 0) is 20.9 Å². The SMILES string of the molecule is Cc1cc(C)c(Cl)c(-c2c(F)cc(NC3(C(=O)O)CCOCC3)cc2COC2CCCC2)c1. The molecular weight excluding hydrogens is 445 g/mol. The largest absolute Gasteiger partial charge is 0.480 e. The molecule has 1 saturated heterocycles. The highest BCUT2D eigenvalue weighted by atomic mass is 35.5. The van der Waals surface area contributed by atoms with Crippen molar-refractivity contribution in [3.8, 4) is 11.1 Å². The van der Waals surface area contributed by atoms with Crippen molar-refractivity contribution in [3.05, 3.63) is 51.8 Å². The number of hydrogen-bond acceptors (Lipinski definition) is 4. The number of carboxylic acids is 1. The van der Waals surface area contributed by atoms with Crippen molar-refractivity contribution in [2.45, 2.75) is 70.6 Å². The Bertz CT molecular complexity index is 1030. The number of anilines is 1. The number of aryl methyl sites for hydroxylation is 2. The van der Waals surface area contributed by atoms with Gasteiger partial charge in [-0.1, -0.05) is 36.1 Å². The average molecular weight is 476 g/mol. The highest BCUT2D eigenvalue weighted by Crippen LogP contribution is 2.39. The summed E-state index contributed by atoms with van der Waals surface area (Å²) in [5.41, 5.74) is 2.79. The molecule has 0 radical (unpaired) electrons. The molecule has 0 unspecified atom stereocenters. The second-order valence-electron chi connectivity index (χ2n) is 9.28. The van der Waals surface area contributed by atoms with E-state index in [1.54, 1.807) is 0 Å². The Morgan fingerprint density at radius 3 is 2.58 bits per heavy atom. The Balaban J connectivity index is 1.75. The van der Waals surface area contributed by atoms with E-state index >= 15 is 4.39 Å². The van der Waals surface area contributed by atoms with Gasteiger partial charge in [0.2, 0.25) is 0 Å². The van der Waals surface area contributed by atoms with Gasteiger partial charge in [0.25, 0.3) is 0 Å². The van der Waals surface area contributed by atoms with Crippen LogP contribution in [0.25, 0.3) is 11.1 Å². The number of hydrogen-bond donors (Lipinski definition) is 2. The van der Waals surface area contributed by atoms with E-state index in [9.17, 15) is 9.90 Å². The first-order valence-corrected chi connectivity index (χ1v) is 12.0. The van der Waals surface area contributed by atoms with Crippen molar-refractivity contribution in [1.82, 2.24) is 0 Å². The number of aliphatic carboxylic acids is 1. The minimum Gasteiger partial charge on any atom is -0.480 e. The maximum absolute atomic E-state index is 15.7. The number of benzene rings is 2. The van der Waals surface area contributed by atoms with Gasteiger partial charge in [-0.15, -0.1) is 0 Å². The summed E-state index contributed by atoms with van der Waals surface area (Å²) in [5, 5.41) is 13.5. The lowest BCUT2D eigenvalue weighted by Crippen LogP contribution is -2.50. The van der Waals surface area contributed by atoms with E-state index in [4.69, 9.17) is 21.1 Å². The normalized spacial score (nSPS) is 18.4. The molecule has 33 heavy (non-hydrogen) atoms. The van der Waals surface area contributed by atoms with E-state index in [0.29, 0.717) is 53.5 Å². The smallest absolute Gasteiger partial charge is 0.329 e. The minimum atomic E-state index is -1.19. The molecule has 2 aliphatic rings. The summed E-state index contributed by atoms with van der Waals surface area (Å²) in [6.07, 6.45) is 5.06. The van der Waals surface area contributed by atoms with E-state index in [2.05, 4.69) is 5.32 Å². The molecule has 0 amide bonds. The first-order valence-electron chi connectivity index (χ1n) is 11.6. The zero-order valence-corrected chi connectivity index (χ0v) is 19.9. The van der Waals surface area contributed by atoms with Crippen LogP contribution in [0.4, 0.5) is 10.1 Å². The Kier molecular flexibility index (Phi) is 7.27. The zero-order valence-electron chi connectivity index (χ0n) is 19.2. The van der Waals surface area contributed by atoms with Crippen LogP contribution >= 0.6 is 11.6 Å². The molecule has 1 heterocycles. The first kappa shape index (κ1) is 24.0. The molecule has 1 aliphatic carbocycles. The maximum Gasteiger partial charge on any atom is 0.329 e. The van der Waals surface area contributed by atoms with Crippen LogP contribution in [0.2, 0.25) is 5.02 Å². The quantitative estimate of drug-likeness (QED) is 0.494. The molecule has 0 spiro atoms. The second-order valence-corrected chi connectivity index (χ2v) is 9.66. The van der Waals surface area contributed by atoms with Crippen molar-refractivity contribution in [1.29, 1.82) is 0 Å². The number of nitrogens with one attached hydrogen (secondary N) is 1. The van der Waals surface area contributed by atoms with Crippen LogP contribution in [0.5, 0.6) is 0 Å². The number of halogens is 2. The van der Waals surface area contributed by atoms with Crippen LogP contribution in [-0.4, -0.2) is 35.9 Å². The van der Waals surface area contributed by atoms with Crippen LogP contribution in [0.15, 0.2) is 24.3 Å². The number of carboxylic acid groups (broad SMARTS) is 1. The van der Waals surface area contributed by atoms with E-state index in [1.807, 2.05) is 32.0 Å². The third-order valence-corrected chi connectivity index (χ3v) is 7.26. The molecule has 0 bridgehead atoms. The van der Waals surface area contributed by atoms with Gasteiger partial charge in [-0.05, 0) is 56.0 Å². The van der Waals surface area contributed by atoms with Gasteiger partial charge in [-0.25, -0.2) is 9.18 Å². The summed E-state index contributed by atoms with van der Waals surface area (Å²) in [7, 11) is 0. The lowest BCUT2D eigenvalue weighted by atomic mass is 9.89. The van der Waals surface area contributed by atoms with Crippen molar-refractivity contribution >= 4 is 23.3 Å². The molecular formula is C26H31ClFNO4. The molecule has 5 nitrogen and oxygen atoms in total. The van der Waals surface area contributed by atoms with Gasteiger partial charge in [0.15, 0.2) is 0 Å². The van der Waals surface area contributed by atoms with Gasteiger partial charge in [0.1, 0.15) is 11.4 Å². The molecule has 1 saturated carbocycles. The lowest BCUT2D eigenvalue weighted by molar-refractivity contribution is -0.145. The number of ether oxygens (including phenoxy) is 2. The van der Waals surface area contributed by atoms with Crippen molar-refractivity contribution < 1.29 is 23.8 Å². The number of rotatable bonds is 7. The van der Waals surface area contributed by atoms with Crippen LogP contribution in [0.1, 0.15) is 55.2 Å². The highest BCUT2D eigenvalue weighted by Gasteiger charge is 2.40.